The van der Waals surface area contributed by atoms with Gasteiger partial charge in [0.05, 0.1) is 16.1 Å². The second kappa shape index (κ2) is 7.99. The number of carbonyl (C=O) groups is 2. The van der Waals surface area contributed by atoms with E-state index in [1.54, 1.807) is 11.8 Å². The lowest BCUT2D eigenvalue weighted by Gasteiger charge is -2.24. The van der Waals surface area contributed by atoms with E-state index in [2.05, 4.69) is 15.6 Å². The Morgan fingerprint density at radius 3 is 2.69 bits per heavy atom. The van der Waals surface area contributed by atoms with Gasteiger partial charge in [0, 0.05) is 18.6 Å². The van der Waals surface area contributed by atoms with Crippen molar-refractivity contribution in [1.29, 1.82) is 0 Å². The number of hydrogen-bond acceptors (Lipinski definition) is 5. The first kappa shape index (κ1) is 21.1. The topological polar surface area (TPSA) is 83.6 Å². The minimum atomic E-state index is -3.04. The van der Waals surface area contributed by atoms with E-state index in [1.165, 1.54) is 17.4 Å². The highest BCUT2D eigenvalue weighted by atomic mass is 32.1. The van der Waals surface area contributed by atoms with Gasteiger partial charge in [0.25, 0.3) is 5.91 Å². The predicted octanol–water partition coefficient (Wildman–Crippen LogP) is 4.76. The first-order valence-corrected chi connectivity index (χ1v) is 11.6. The van der Waals surface area contributed by atoms with Gasteiger partial charge >= 0.3 is 12.6 Å². The Labute approximate surface area is 188 Å². The number of alkyl halides is 2. The fourth-order valence-corrected chi connectivity index (χ4v) is 5.13. The van der Waals surface area contributed by atoms with Crippen molar-refractivity contribution >= 4 is 28.4 Å². The number of carbonyl (C=O) groups excluding carboxylic acids is 2. The third-order valence-electron chi connectivity index (χ3n) is 6.20. The van der Waals surface area contributed by atoms with E-state index >= 15 is 0 Å². The Morgan fingerprint density at radius 2 is 2.03 bits per heavy atom. The van der Waals surface area contributed by atoms with Crippen LogP contribution >= 0.6 is 11.3 Å². The molecule has 2 saturated carbocycles. The molecule has 0 spiro atoms. The van der Waals surface area contributed by atoms with Crippen molar-refractivity contribution in [1.82, 2.24) is 15.2 Å². The second-order valence-corrected chi connectivity index (χ2v) is 9.70. The van der Waals surface area contributed by atoms with Crippen LogP contribution in [0.1, 0.15) is 54.2 Å². The number of rotatable bonds is 7. The number of fused-ring (bicyclic) bond motifs is 1. The molecule has 32 heavy (non-hydrogen) atoms. The number of thiazole rings is 1. The molecule has 3 amide bonds. The molecule has 3 aliphatic rings. The molecule has 10 heteroatoms. The maximum absolute atomic E-state index is 13.2. The SMILES string of the molecule is Cc1nc(NC(=O)NC2CC2)sc1-c1cc2c(c(OC(F)F)c1)C(=O)N([C@@H](C)C1CC1)C2. The number of aromatic nitrogens is 1. The van der Waals surface area contributed by atoms with E-state index in [0.717, 1.165) is 30.6 Å². The zero-order chi connectivity index (χ0) is 22.6. The van der Waals surface area contributed by atoms with Crippen LogP contribution in [-0.2, 0) is 6.54 Å². The number of aryl methyl sites for hydroxylation is 1. The van der Waals surface area contributed by atoms with Gasteiger partial charge < -0.3 is 15.0 Å². The zero-order valence-electron chi connectivity index (χ0n) is 17.8. The molecule has 0 saturated heterocycles. The first-order valence-electron chi connectivity index (χ1n) is 10.8. The number of hydrogen-bond donors (Lipinski definition) is 2. The van der Waals surface area contributed by atoms with Crippen LogP contribution in [0.5, 0.6) is 5.75 Å². The molecule has 2 N–H and O–H groups in total. The predicted molar refractivity (Wildman–Crippen MR) is 116 cm³/mol. The average molecular weight is 463 g/mol. The van der Waals surface area contributed by atoms with E-state index in [9.17, 15) is 18.4 Å². The summed E-state index contributed by atoms with van der Waals surface area (Å²) in [5.74, 6) is 0.0878. The van der Waals surface area contributed by atoms with Gasteiger partial charge in [0.1, 0.15) is 5.75 Å². The smallest absolute Gasteiger partial charge is 0.387 e. The molecule has 2 heterocycles. The molecule has 2 fully saturated rings. The van der Waals surface area contributed by atoms with Crippen LogP contribution in [0, 0.1) is 12.8 Å². The number of halogens is 2. The lowest BCUT2D eigenvalue weighted by molar-refractivity contribution is -0.0501. The molecule has 1 atom stereocenters. The van der Waals surface area contributed by atoms with Crippen LogP contribution in [0.3, 0.4) is 0 Å². The van der Waals surface area contributed by atoms with Gasteiger partial charge in [-0.3, -0.25) is 10.1 Å². The Hall–Kier alpha value is -2.75. The third-order valence-corrected chi connectivity index (χ3v) is 7.32. The van der Waals surface area contributed by atoms with Gasteiger partial charge in [-0.2, -0.15) is 8.78 Å². The lowest BCUT2D eigenvalue weighted by Crippen LogP contribution is -2.34. The van der Waals surface area contributed by atoms with Crippen LogP contribution in [0.2, 0.25) is 0 Å². The monoisotopic (exact) mass is 462 g/mol. The number of anilines is 1. The summed E-state index contributed by atoms with van der Waals surface area (Å²) in [6, 6.07) is 3.30. The molecule has 2 aliphatic carbocycles. The van der Waals surface area contributed by atoms with Crippen LogP contribution in [0.25, 0.3) is 10.4 Å². The van der Waals surface area contributed by atoms with E-state index in [1.807, 2.05) is 13.0 Å². The first-order chi connectivity index (χ1) is 15.3. The van der Waals surface area contributed by atoms with Gasteiger partial charge in [0.15, 0.2) is 5.13 Å². The summed E-state index contributed by atoms with van der Waals surface area (Å²) < 4.78 is 31.1. The standard InChI is InChI=1S/C22H24F2N4O3S/c1-10-18(32-22(25-10)27-21(30)26-15-5-6-15)13-7-14-9-28(11(2)12-3-4-12)19(29)17(14)16(8-13)31-20(23)24/h7-8,11-12,15,20H,3-6,9H2,1-2H3,(H2,25,26,27,30)/t11-/m0/s1. The summed E-state index contributed by atoms with van der Waals surface area (Å²) in [6.07, 6.45) is 4.12. The molecule has 0 unspecified atom stereocenters. The summed E-state index contributed by atoms with van der Waals surface area (Å²) in [7, 11) is 0. The highest BCUT2D eigenvalue weighted by Gasteiger charge is 2.40. The molecule has 7 nitrogen and oxygen atoms in total. The van der Waals surface area contributed by atoms with Gasteiger partial charge in [-0.25, -0.2) is 9.78 Å². The number of ether oxygens (including phenoxy) is 1. The van der Waals surface area contributed by atoms with Crippen LogP contribution in [0.15, 0.2) is 12.1 Å². The van der Waals surface area contributed by atoms with E-state index in [-0.39, 0.29) is 35.3 Å². The minimum Gasteiger partial charge on any atom is -0.434 e. The summed E-state index contributed by atoms with van der Waals surface area (Å²) in [5, 5.41) is 6.00. The number of urea groups is 1. The van der Waals surface area contributed by atoms with Crippen LogP contribution < -0.4 is 15.4 Å². The minimum absolute atomic E-state index is 0.0590. The van der Waals surface area contributed by atoms with Crippen molar-refractivity contribution in [3.63, 3.8) is 0 Å². The van der Waals surface area contributed by atoms with Crippen molar-refractivity contribution in [2.45, 2.75) is 64.8 Å². The van der Waals surface area contributed by atoms with E-state index < -0.39 is 6.61 Å². The molecule has 1 aliphatic heterocycles. The van der Waals surface area contributed by atoms with Gasteiger partial charge in [-0.15, -0.1) is 0 Å². The number of nitrogens with zero attached hydrogens (tertiary/aromatic N) is 2. The Morgan fingerprint density at radius 1 is 1.28 bits per heavy atom. The maximum atomic E-state index is 13.2. The summed E-state index contributed by atoms with van der Waals surface area (Å²) in [5.41, 5.74) is 2.18. The fraction of sp³-hybridized carbons (Fsp3) is 0.500. The molecule has 1 aromatic heterocycles. The van der Waals surface area contributed by atoms with Gasteiger partial charge in [-0.05, 0) is 68.7 Å². The van der Waals surface area contributed by atoms with E-state index in [4.69, 9.17) is 4.74 Å². The van der Waals surface area contributed by atoms with Crippen LogP contribution in [0.4, 0.5) is 18.7 Å². The van der Waals surface area contributed by atoms with E-state index in [0.29, 0.717) is 34.4 Å². The molecule has 2 aromatic rings. The van der Waals surface area contributed by atoms with Crippen molar-refractivity contribution in [2.24, 2.45) is 5.92 Å². The molecular weight excluding hydrogens is 438 g/mol. The highest BCUT2D eigenvalue weighted by Crippen LogP contribution is 2.43. The average Bonchev–Trinajstić information content (AvgIpc) is 3.64. The molecule has 1 aromatic carbocycles. The molecule has 0 radical (unpaired) electrons. The number of amides is 3. The lowest BCUT2D eigenvalue weighted by atomic mass is 10.0. The second-order valence-electron chi connectivity index (χ2n) is 8.70. The van der Waals surface area contributed by atoms with Gasteiger partial charge in [-0.1, -0.05) is 11.3 Å². The Kier molecular flexibility index (Phi) is 5.27. The maximum Gasteiger partial charge on any atom is 0.387 e. The summed E-state index contributed by atoms with van der Waals surface area (Å²) in [6.45, 7) is 1.13. The molecule has 170 valence electrons. The quantitative estimate of drug-likeness (QED) is 0.622. The van der Waals surface area contributed by atoms with Gasteiger partial charge in [0.2, 0.25) is 0 Å². The highest BCUT2D eigenvalue weighted by molar-refractivity contribution is 7.19. The van der Waals surface area contributed by atoms with Crippen molar-refractivity contribution in [3.8, 4) is 16.2 Å². The summed E-state index contributed by atoms with van der Waals surface area (Å²) in [4.78, 5) is 32.0. The number of benzene rings is 1. The zero-order valence-corrected chi connectivity index (χ0v) is 18.6. The summed E-state index contributed by atoms with van der Waals surface area (Å²) >= 11 is 1.26. The molecule has 5 rings (SSSR count). The number of nitrogens with one attached hydrogen (secondary N) is 2. The Bertz CT molecular complexity index is 1080. The third kappa shape index (κ3) is 4.15. The van der Waals surface area contributed by atoms with Crippen molar-refractivity contribution in [2.75, 3.05) is 5.32 Å². The Balaban J connectivity index is 1.46. The molecule has 0 bridgehead atoms. The largest absolute Gasteiger partial charge is 0.434 e. The van der Waals surface area contributed by atoms with Crippen molar-refractivity contribution < 1.29 is 23.1 Å². The normalized spacial score (nSPS) is 18.7. The fourth-order valence-electron chi connectivity index (χ4n) is 4.19. The molecular formula is C22H24F2N4O3S. The van der Waals surface area contributed by atoms with Crippen LogP contribution in [-0.4, -0.2) is 40.5 Å². The van der Waals surface area contributed by atoms with Crippen molar-refractivity contribution in [3.05, 3.63) is 29.0 Å².